The van der Waals surface area contributed by atoms with Gasteiger partial charge in [0.1, 0.15) is 17.9 Å². The van der Waals surface area contributed by atoms with Crippen molar-refractivity contribution in [3.63, 3.8) is 0 Å². The van der Waals surface area contributed by atoms with E-state index < -0.39 is 5.97 Å². The number of carboxylic acids is 1. The van der Waals surface area contributed by atoms with Crippen LogP contribution in [0, 0.1) is 5.92 Å². The number of carbonyl (C=O) groups is 1. The summed E-state index contributed by atoms with van der Waals surface area (Å²) >= 11 is 0. The molecule has 0 amide bonds. The number of nitrogens with zero attached hydrogens (tertiary/aromatic N) is 2. The summed E-state index contributed by atoms with van der Waals surface area (Å²) in [4.78, 5) is 17.6. The van der Waals surface area contributed by atoms with Crippen LogP contribution in [-0.2, 0) is 4.79 Å². The highest BCUT2D eigenvalue weighted by molar-refractivity contribution is 5.85. The first-order valence-corrected chi connectivity index (χ1v) is 7.66. The van der Waals surface area contributed by atoms with E-state index in [4.69, 9.17) is 9.84 Å². The molecule has 124 valence electrons. The molecule has 1 aliphatic heterocycles. The second kappa shape index (κ2) is 8.13. The molecule has 23 heavy (non-hydrogen) atoms. The zero-order valence-corrected chi connectivity index (χ0v) is 13.7. The Labute approximate surface area is 141 Å². The Morgan fingerprint density at radius 1 is 1.35 bits per heavy atom. The van der Waals surface area contributed by atoms with Crippen molar-refractivity contribution >= 4 is 29.3 Å². The molecule has 1 atom stereocenters. The van der Waals surface area contributed by atoms with E-state index in [0.29, 0.717) is 13.2 Å². The molecule has 0 spiro atoms. The molecule has 1 N–H and O–H groups in total. The highest BCUT2D eigenvalue weighted by Gasteiger charge is 2.24. The maximum absolute atomic E-state index is 11.1. The van der Waals surface area contributed by atoms with Crippen molar-refractivity contribution < 1.29 is 14.6 Å². The number of aromatic nitrogens is 1. The summed E-state index contributed by atoms with van der Waals surface area (Å²) in [6.07, 6.45) is 3.48. The highest BCUT2D eigenvalue weighted by atomic mass is 35.5. The normalized spacial score (nSPS) is 18.3. The third-order valence-electron chi connectivity index (χ3n) is 4.12. The van der Waals surface area contributed by atoms with E-state index in [1.54, 1.807) is 6.20 Å². The lowest BCUT2D eigenvalue weighted by molar-refractivity contribution is -0.143. The van der Waals surface area contributed by atoms with Crippen LogP contribution in [-0.4, -0.2) is 47.2 Å². The molecule has 2 aromatic rings. The van der Waals surface area contributed by atoms with Crippen LogP contribution in [0.25, 0.3) is 10.9 Å². The molecule has 1 aromatic carbocycles. The Hall–Kier alpha value is -1.85. The maximum Gasteiger partial charge on any atom is 0.307 e. The van der Waals surface area contributed by atoms with Gasteiger partial charge in [0, 0.05) is 24.7 Å². The van der Waals surface area contributed by atoms with Crippen molar-refractivity contribution in [2.24, 2.45) is 5.92 Å². The molecule has 0 radical (unpaired) electrons. The van der Waals surface area contributed by atoms with E-state index >= 15 is 0 Å². The highest BCUT2D eigenvalue weighted by Crippen LogP contribution is 2.23. The van der Waals surface area contributed by atoms with Crippen molar-refractivity contribution in [3.05, 3.63) is 36.5 Å². The van der Waals surface area contributed by atoms with E-state index in [2.05, 4.69) is 9.88 Å². The number of halogens is 1. The Morgan fingerprint density at radius 2 is 2.17 bits per heavy atom. The number of ether oxygens (including phenoxy) is 1. The molecule has 1 unspecified atom stereocenters. The van der Waals surface area contributed by atoms with Crippen LogP contribution in [0.1, 0.15) is 12.8 Å². The summed E-state index contributed by atoms with van der Waals surface area (Å²) in [5, 5.41) is 10.2. The standard InChI is InChI=1S/C17H20N2O3.ClH/c20-17(21)14-6-3-9-19(12-14)10-11-22-15-7-1-4-13-5-2-8-18-16(13)15;/h1-2,4-5,7-8,14H,3,6,9-12H2,(H,20,21);1H. The number of rotatable bonds is 5. The van der Waals surface area contributed by atoms with Gasteiger partial charge in [-0.1, -0.05) is 18.2 Å². The first-order chi connectivity index (χ1) is 10.7. The van der Waals surface area contributed by atoms with E-state index in [9.17, 15) is 4.79 Å². The molecule has 6 heteroatoms. The fourth-order valence-electron chi connectivity index (χ4n) is 2.94. The van der Waals surface area contributed by atoms with E-state index in [0.717, 1.165) is 42.6 Å². The van der Waals surface area contributed by atoms with E-state index in [1.807, 2.05) is 30.3 Å². The van der Waals surface area contributed by atoms with Crippen LogP contribution in [0.15, 0.2) is 36.5 Å². The van der Waals surface area contributed by atoms with Crippen molar-refractivity contribution in [3.8, 4) is 5.75 Å². The van der Waals surface area contributed by atoms with Gasteiger partial charge in [-0.15, -0.1) is 12.4 Å². The van der Waals surface area contributed by atoms with Crippen LogP contribution >= 0.6 is 12.4 Å². The van der Waals surface area contributed by atoms with Crippen molar-refractivity contribution in [1.29, 1.82) is 0 Å². The fourth-order valence-corrected chi connectivity index (χ4v) is 2.94. The lowest BCUT2D eigenvalue weighted by Crippen LogP contribution is -2.40. The predicted octanol–water partition coefficient (Wildman–Crippen LogP) is 2.83. The zero-order chi connectivity index (χ0) is 15.4. The van der Waals surface area contributed by atoms with Crippen LogP contribution in [0.4, 0.5) is 0 Å². The molecule has 3 rings (SSSR count). The molecule has 1 aromatic heterocycles. The molecule has 0 bridgehead atoms. The SMILES string of the molecule is Cl.O=C(O)C1CCCN(CCOc2cccc3cccnc23)C1. The number of benzene rings is 1. The van der Waals surface area contributed by atoms with Gasteiger partial charge in [-0.05, 0) is 31.5 Å². The first-order valence-electron chi connectivity index (χ1n) is 7.66. The Balaban J connectivity index is 0.00000192. The largest absolute Gasteiger partial charge is 0.490 e. The second-order valence-electron chi connectivity index (χ2n) is 5.66. The molecular formula is C17H21ClN2O3. The van der Waals surface area contributed by atoms with Crippen LogP contribution in [0.5, 0.6) is 5.75 Å². The molecule has 1 saturated heterocycles. The minimum atomic E-state index is -0.691. The second-order valence-corrected chi connectivity index (χ2v) is 5.66. The average Bonchev–Trinajstić information content (AvgIpc) is 2.55. The van der Waals surface area contributed by atoms with Crippen molar-refractivity contribution in [2.75, 3.05) is 26.2 Å². The van der Waals surface area contributed by atoms with Gasteiger partial charge in [-0.2, -0.15) is 0 Å². The smallest absolute Gasteiger partial charge is 0.307 e. The average molecular weight is 337 g/mol. The van der Waals surface area contributed by atoms with Gasteiger partial charge in [0.2, 0.25) is 0 Å². The molecule has 2 heterocycles. The Bertz CT molecular complexity index is 660. The first kappa shape index (κ1) is 17.5. The monoisotopic (exact) mass is 336 g/mol. The number of hydrogen-bond donors (Lipinski definition) is 1. The minimum Gasteiger partial charge on any atom is -0.490 e. The summed E-state index contributed by atoms with van der Waals surface area (Å²) in [7, 11) is 0. The van der Waals surface area contributed by atoms with Gasteiger partial charge < -0.3 is 9.84 Å². The third kappa shape index (κ3) is 4.33. The summed E-state index contributed by atoms with van der Waals surface area (Å²) < 4.78 is 5.87. The van der Waals surface area contributed by atoms with Crippen molar-refractivity contribution in [2.45, 2.75) is 12.8 Å². The summed E-state index contributed by atoms with van der Waals surface area (Å²) in [5.41, 5.74) is 0.868. The topological polar surface area (TPSA) is 62.7 Å². The quantitative estimate of drug-likeness (QED) is 0.909. The fraction of sp³-hybridized carbons (Fsp3) is 0.412. The maximum atomic E-state index is 11.1. The molecule has 0 aliphatic carbocycles. The number of pyridine rings is 1. The lowest BCUT2D eigenvalue weighted by Gasteiger charge is -2.30. The van der Waals surface area contributed by atoms with Gasteiger partial charge in [0.25, 0.3) is 0 Å². The third-order valence-corrected chi connectivity index (χ3v) is 4.12. The van der Waals surface area contributed by atoms with Gasteiger partial charge >= 0.3 is 5.97 Å². The van der Waals surface area contributed by atoms with E-state index in [-0.39, 0.29) is 18.3 Å². The number of carboxylic acid groups (broad SMARTS) is 1. The van der Waals surface area contributed by atoms with Gasteiger partial charge in [-0.3, -0.25) is 14.7 Å². The van der Waals surface area contributed by atoms with Crippen LogP contribution < -0.4 is 4.74 Å². The Kier molecular flexibility index (Phi) is 6.19. The van der Waals surface area contributed by atoms with Gasteiger partial charge in [0.05, 0.1) is 5.92 Å². The summed E-state index contributed by atoms with van der Waals surface area (Å²) in [6.45, 7) is 2.85. The number of piperidine rings is 1. The summed E-state index contributed by atoms with van der Waals surface area (Å²) in [6, 6.07) is 9.81. The summed E-state index contributed by atoms with van der Waals surface area (Å²) in [5.74, 6) is -0.151. The number of aliphatic carboxylic acids is 1. The molecule has 0 saturated carbocycles. The van der Waals surface area contributed by atoms with Gasteiger partial charge in [0.15, 0.2) is 0 Å². The number of likely N-dealkylation sites (tertiary alicyclic amines) is 1. The lowest BCUT2D eigenvalue weighted by atomic mass is 9.98. The minimum absolute atomic E-state index is 0. The number of fused-ring (bicyclic) bond motifs is 1. The predicted molar refractivity (Wildman–Crippen MR) is 91.3 cm³/mol. The van der Waals surface area contributed by atoms with Crippen LogP contribution in [0.3, 0.4) is 0 Å². The Morgan fingerprint density at radius 3 is 3.00 bits per heavy atom. The molecule has 1 aliphatic rings. The van der Waals surface area contributed by atoms with Gasteiger partial charge in [-0.25, -0.2) is 0 Å². The van der Waals surface area contributed by atoms with Crippen LogP contribution in [0.2, 0.25) is 0 Å². The van der Waals surface area contributed by atoms with Crippen molar-refractivity contribution in [1.82, 2.24) is 9.88 Å². The zero-order valence-electron chi connectivity index (χ0n) is 12.9. The molecule has 1 fully saturated rings. The van der Waals surface area contributed by atoms with E-state index in [1.165, 1.54) is 0 Å². The number of hydrogen-bond acceptors (Lipinski definition) is 4. The molecule has 5 nitrogen and oxygen atoms in total. The molecular weight excluding hydrogens is 316 g/mol. The number of para-hydroxylation sites is 1.